The van der Waals surface area contributed by atoms with Gasteiger partial charge in [0.1, 0.15) is 16.8 Å². The van der Waals surface area contributed by atoms with Crippen LogP contribution < -0.4 is 10.1 Å². The molecule has 2 aromatic carbocycles. The Balaban J connectivity index is 1.35. The van der Waals surface area contributed by atoms with Gasteiger partial charge in [-0.05, 0) is 85.7 Å². The first-order chi connectivity index (χ1) is 15.1. The van der Waals surface area contributed by atoms with Crippen molar-refractivity contribution in [3.8, 4) is 11.8 Å². The monoisotopic (exact) mass is 429 g/mol. The molecule has 1 amide bonds. The highest BCUT2D eigenvalue weighted by atomic mass is 32.1. The Labute approximate surface area is 186 Å². The first kappa shape index (κ1) is 20.8. The summed E-state index contributed by atoms with van der Waals surface area (Å²) in [5.41, 5.74) is 4.67. The summed E-state index contributed by atoms with van der Waals surface area (Å²) in [5.74, 6) is 0.405. The van der Waals surface area contributed by atoms with E-state index in [1.165, 1.54) is 16.9 Å². The molecule has 6 heteroatoms. The van der Waals surface area contributed by atoms with Crippen LogP contribution in [0.4, 0.5) is 10.7 Å². The van der Waals surface area contributed by atoms with Gasteiger partial charge in [-0.1, -0.05) is 12.1 Å². The quantitative estimate of drug-likeness (QED) is 0.520. The summed E-state index contributed by atoms with van der Waals surface area (Å²) in [6.07, 6.45) is 6.13. The summed E-state index contributed by atoms with van der Waals surface area (Å²) in [7, 11) is 0. The zero-order valence-corrected chi connectivity index (χ0v) is 18.2. The Morgan fingerprint density at radius 1 is 1.23 bits per heavy atom. The van der Waals surface area contributed by atoms with Crippen molar-refractivity contribution in [1.82, 2.24) is 0 Å². The number of aryl methyl sites for hydroxylation is 2. The fraction of sp³-hybridized carbons (Fsp3) is 0.240. The predicted octanol–water partition coefficient (Wildman–Crippen LogP) is 5.58. The normalized spacial score (nSPS) is 12.9. The van der Waals surface area contributed by atoms with Crippen LogP contribution in [0, 0.1) is 18.3 Å². The summed E-state index contributed by atoms with van der Waals surface area (Å²) in [6, 6.07) is 17.4. The van der Waals surface area contributed by atoms with Gasteiger partial charge in [0.15, 0.2) is 6.61 Å². The molecule has 4 rings (SSSR count). The fourth-order valence-electron chi connectivity index (χ4n) is 3.61. The molecule has 0 atom stereocenters. The summed E-state index contributed by atoms with van der Waals surface area (Å²) in [4.78, 5) is 18.0. The molecular weight excluding hydrogens is 406 g/mol. The van der Waals surface area contributed by atoms with Crippen molar-refractivity contribution in [3.05, 3.63) is 75.7 Å². The number of ether oxygens (including phenoxy) is 1. The molecule has 1 N–H and O–H groups in total. The van der Waals surface area contributed by atoms with Gasteiger partial charge in [0.05, 0.1) is 5.56 Å². The second kappa shape index (κ2) is 9.59. The second-order valence-electron chi connectivity index (χ2n) is 7.54. The molecule has 0 saturated carbocycles. The number of nitrogens with one attached hydrogen (secondary N) is 1. The van der Waals surface area contributed by atoms with E-state index in [-0.39, 0.29) is 12.5 Å². The zero-order valence-electron chi connectivity index (χ0n) is 17.4. The van der Waals surface area contributed by atoms with Crippen LogP contribution in [0.1, 0.15) is 40.0 Å². The van der Waals surface area contributed by atoms with Crippen molar-refractivity contribution in [1.29, 1.82) is 5.26 Å². The van der Waals surface area contributed by atoms with Crippen molar-refractivity contribution in [2.75, 3.05) is 11.9 Å². The lowest BCUT2D eigenvalue weighted by molar-refractivity contribution is -0.118. The number of carbonyl (C=O) groups excluding carboxylic acids is 1. The van der Waals surface area contributed by atoms with Gasteiger partial charge in [0.25, 0.3) is 5.91 Å². The Morgan fingerprint density at radius 2 is 2.03 bits per heavy atom. The first-order valence-corrected chi connectivity index (χ1v) is 11.1. The molecule has 3 aromatic rings. The number of aliphatic imine (C=N–C) groups is 1. The van der Waals surface area contributed by atoms with Crippen molar-refractivity contribution in [2.24, 2.45) is 4.99 Å². The predicted molar refractivity (Wildman–Crippen MR) is 125 cm³/mol. The molecule has 0 spiro atoms. The minimum Gasteiger partial charge on any atom is -0.484 e. The van der Waals surface area contributed by atoms with E-state index in [0.29, 0.717) is 5.75 Å². The molecule has 0 saturated heterocycles. The van der Waals surface area contributed by atoms with Crippen molar-refractivity contribution in [2.45, 2.75) is 32.6 Å². The maximum atomic E-state index is 12.1. The topological polar surface area (TPSA) is 74.5 Å². The van der Waals surface area contributed by atoms with Crippen molar-refractivity contribution < 1.29 is 9.53 Å². The third kappa shape index (κ3) is 5.19. The number of nitriles is 1. The molecule has 0 aliphatic heterocycles. The van der Waals surface area contributed by atoms with Gasteiger partial charge in [0, 0.05) is 16.8 Å². The lowest BCUT2D eigenvalue weighted by Crippen LogP contribution is -2.20. The van der Waals surface area contributed by atoms with Gasteiger partial charge in [-0.25, -0.2) is 4.99 Å². The maximum Gasteiger partial charge on any atom is 0.262 e. The van der Waals surface area contributed by atoms with Gasteiger partial charge in [-0.2, -0.15) is 5.26 Å². The van der Waals surface area contributed by atoms with Gasteiger partial charge in [-0.3, -0.25) is 4.79 Å². The average Bonchev–Trinajstić information content (AvgIpc) is 3.14. The molecule has 1 aliphatic rings. The molecule has 1 heterocycles. The lowest BCUT2D eigenvalue weighted by Gasteiger charge is -2.09. The molecule has 31 heavy (non-hydrogen) atoms. The first-order valence-electron chi connectivity index (χ1n) is 10.3. The molecule has 1 aliphatic carbocycles. The molecule has 1 aromatic heterocycles. The summed E-state index contributed by atoms with van der Waals surface area (Å²) in [6.45, 7) is 1.92. The Bertz CT molecular complexity index is 1160. The second-order valence-corrected chi connectivity index (χ2v) is 8.62. The standard InChI is InChI=1S/C25H23N3O2S/c1-17-5-4-6-19(13-17)28-24(29)16-30-20-11-9-18(10-12-20)15-27-25-22(14-26)21-7-2-3-8-23(21)31-25/h4-6,9-13,15H,2-3,7-8,16H2,1H3,(H,28,29). The maximum absolute atomic E-state index is 12.1. The summed E-state index contributed by atoms with van der Waals surface area (Å²) in [5, 5.41) is 13.2. The molecule has 0 unspecified atom stereocenters. The van der Waals surface area contributed by atoms with E-state index in [9.17, 15) is 10.1 Å². The van der Waals surface area contributed by atoms with Gasteiger partial charge in [0.2, 0.25) is 0 Å². The number of anilines is 1. The largest absolute Gasteiger partial charge is 0.484 e. The Kier molecular flexibility index (Phi) is 6.44. The minimum atomic E-state index is -0.207. The molecule has 0 bridgehead atoms. The van der Waals surface area contributed by atoms with Crippen molar-refractivity contribution >= 4 is 34.1 Å². The van der Waals surface area contributed by atoms with E-state index in [0.717, 1.165) is 46.6 Å². The van der Waals surface area contributed by atoms with Gasteiger partial charge < -0.3 is 10.1 Å². The van der Waals surface area contributed by atoms with Crippen LogP contribution in [0.3, 0.4) is 0 Å². The number of nitrogens with zero attached hydrogens (tertiary/aromatic N) is 2. The van der Waals surface area contributed by atoms with Crippen LogP contribution in [0.5, 0.6) is 5.75 Å². The van der Waals surface area contributed by atoms with Gasteiger partial charge in [-0.15, -0.1) is 11.3 Å². The molecule has 0 radical (unpaired) electrons. The van der Waals surface area contributed by atoms with Crippen LogP contribution >= 0.6 is 11.3 Å². The van der Waals surface area contributed by atoms with E-state index in [1.807, 2.05) is 55.5 Å². The summed E-state index contributed by atoms with van der Waals surface area (Å²) >= 11 is 1.63. The van der Waals surface area contributed by atoms with E-state index in [4.69, 9.17) is 4.74 Å². The van der Waals surface area contributed by atoms with Crippen LogP contribution in [0.25, 0.3) is 0 Å². The van der Waals surface area contributed by atoms with E-state index in [2.05, 4.69) is 16.4 Å². The number of hydrogen-bond acceptors (Lipinski definition) is 5. The van der Waals surface area contributed by atoms with E-state index < -0.39 is 0 Å². The number of hydrogen-bond donors (Lipinski definition) is 1. The lowest BCUT2D eigenvalue weighted by atomic mass is 9.96. The van der Waals surface area contributed by atoms with Crippen LogP contribution in [-0.2, 0) is 17.6 Å². The number of fused-ring (bicyclic) bond motifs is 1. The Morgan fingerprint density at radius 3 is 2.81 bits per heavy atom. The van der Waals surface area contributed by atoms with E-state index >= 15 is 0 Å². The van der Waals surface area contributed by atoms with Crippen LogP contribution in [-0.4, -0.2) is 18.7 Å². The number of rotatable bonds is 6. The smallest absolute Gasteiger partial charge is 0.262 e. The SMILES string of the molecule is Cc1cccc(NC(=O)COc2ccc(C=Nc3sc4c(c3C#N)CCCC4)cc2)c1. The minimum absolute atomic E-state index is 0.0618. The van der Waals surface area contributed by atoms with Crippen molar-refractivity contribution in [3.63, 3.8) is 0 Å². The molecular formula is C25H23N3O2S. The number of amides is 1. The zero-order chi connectivity index (χ0) is 21.6. The molecule has 0 fully saturated rings. The Hall–Kier alpha value is -3.43. The van der Waals surface area contributed by atoms with E-state index in [1.54, 1.807) is 17.6 Å². The number of carbonyl (C=O) groups is 1. The summed E-state index contributed by atoms with van der Waals surface area (Å²) < 4.78 is 5.58. The third-order valence-corrected chi connectivity index (χ3v) is 6.35. The third-order valence-electron chi connectivity index (χ3n) is 5.15. The van der Waals surface area contributed by atoms with Crippen LogP contribution in [0.2, 0.25) is 0 Å². The number of benzene rings is 2. The highest BCUT2D eigenvalue weighted by Gasteiger charge is 2.20. The van der Waals surface area contributed by atoms with Crippen LogP contribution in [0.15, 0.2) is 53.5 Å². The molecule has 5 nitrogen and oxygen atoms in total. The van der Waals surface area contributed by atoms with Gasteiger partial charge >= 0.3 is 0 Å². The molecule has 156 valence electrons. The highest BCUT2D eigenvalue weighted by Crippen LogP contribution is 2.39. The number of thiophene rings is 1. The fourth-order valence-corrected chi connectivity index (χ4v) is 4.79. The highest BCUT2D eigenvalue weighted by molar-refractivity contribution is 7.16. The average molecular weight is 430 g/mol.